The summed E-state index contributed by atoms with van der Waals surface area (Å²) in [6.07, 6.45) is 52.0. The van der Waals surface area contributed by atoms with Gasteiger partial charge in [0, 0.05) is 19.4 Å². The van der Waals surface area contributed by atoms with Crippen LogP contribution in [0.2, 0.25) is 0 Å². The molecule has 0 aromatic heterocycles. The molecule has 0 bridgehead atoms. The van der Waals surface area contributed by atoms with Gasteiger partial charge in [-0.15, -0.1) is 0 Å². The quantitative estimate of drug-likeness (QED) is 0.0202. The van der Waals surface area contributed by atoms with Crippen LogP contribution in [0, 0.1) is 0 Å². The van der Waals surface area contributed by atoms with Crippen molar-refractivity contribution >= 4 is 19.8 Å². The Balaban J connectivity index is 4.07. The highest BCUT2D eigenvalue weighted by atomic mass is 31.2. The lowest BCUT2D eigenvalue weighted by molar-refractivity contribution is -0.161. The third-order valence-electron chi connectivity index (χ3n) is 10.5. The van der Waals surface area contributed by atoms with E-state index in [4.69, 9.17) is 24.3 Å². The first-order valence-corrected chi connectivity index (χ1v) is 26.0. The van der Waals surface area contributed by atoms with Crippen LogP contribution in [0.3, 0.4) is 0 Å². The SMILES string of the molecule is CCCCCC/C=C/C=C/CCCCCCCC(=O)O[C@@H](COC(=O)CCC/C=C/CCCCCCCCCCCCCCCCCCCC)COP(=O)(O)OCCN. The molecular formula is C49H92NO8P. The minimum absolute atomic E-state index is 0.0476. The van der Waals surface area contributed by atoms with Crippen molar-refractivity contribution in [1.82, 2.24) is 0 Å². The molecule has 0 aliphatic rings. The fraction of sp³-hybridized carbons (Fsp3) is 0.837. The number of carbonyl (C=O) groups excluding carboxylic acids is 2. The maximum Gasteiger partial charge on any atom is 0.472 e. The van der Waals surface area contributed by atoms with Crippen LogP contribution in [-0.2, 0) is 32.7 Å². The Bertz CT molecular complexity index is 1060. The topological polar surface area (TPSA) is 134 Å². The number of rotatable bonds is 46. The smallest absolute Gasteiger partial charge is 0.462 e. The van der Waals surface area contributed by atoms with Gasteiger partial charge >= 0.3 is 19.8 Å². The number of ether oxygens (including phenoxy) is 2. The molecule has 0 amide bonds. The zero-order valence-corrected chi connectivity index (χ0v) is 39.1. The second kappa shape index (κ2) is 45.7. The molecule has 0 heterocycles. The molecule has 0 rings (SSSR count). The molecule has 0 saturated heterocycles. The van der Waals surface area contributed by atoms with E-state index in [1.54, 1.807) is 0 Å². The average molecular weight is 854 g/mol. The van der Waals surface area contributed by atoms with Crippen LogP contribution in [0.5, 0.6) is 0 Å². The maximum atomic E-state index is 12.6. The van der Waals surface area contributed by atoms with Gasteiger partial charge in [-0.1, -0.05) is 198 Å². The van der Waals surface area contributed by atoms with Crippen LogP contribution < -0.4 is 5.73 Å². The third kappa shape index (κ3) is 45.6. The van der Waals surface area contributed by atoms with Crippen molar-refractivity contribution in [2.24, 2.45) is 5.73 Å². The molecule has 346 valence electrons. The Morgan fingerprint density at radius 3 is 1.37 bits per heavy atom. The molecule has 0 aromatic carbocycles. The molecule has 10 heteroatoms. The number of hydrogen-bond acceptors (Lipinski definition) is 8. The van der Waals surface area contributed by atoms with E-state index in [1.807, 2.05) is 0 Å². The van der Waals surface area contributed by atoms with Gasteiger partial charge in [-0.2, -0.15) is 0 Å². The summed E-state index contributed by atoms with van der Waals surface area (Å²) < 4.78 is 32.8. The summed E-state index contributed by atoms with van der Waals surface area (Å²) in [5.41, 5.74) is 5.35. The zero-order valence-electron chi connectivity index (χ0n) is 38.2. The average Bonchev–Trinajstić information content (AvgIpc) is 3.22. The highest BCUT2D eigenvalue weighted by Crippen LogP contribution is 2.43. The maximum absolute atomic E-state index is 12.6. The highest BCUT2D eigenvalue weighted by molar-refractivity contribution is 7.47. The van der Waals surface area contributed by atoms with Crippen molar-refractivity contribution in [1.29, 1.82) is 0 Å². The van der Waals surface area contributed by atoms with Crippen LogP contribution in [0.15, 0.2) is 36.5 Å². The normalized spacial score (nSPS) is 13.5. The van der Waals surface area contributed by atoms with Gasteiger partial charge in [0.15, 0.2) is 6.10 Å². The van der Waals surface area contributed by atoms with Crippen LogP contribution >= 0.6 is 7.82 Å². The number of hydrogen-bond donors (Lipinski definition) is 2. The van der Waals surface area contributed by atoms with E-state index in [9.17, 15) is 19.0 Å². The van der Waals surface area contributed by atoms with Gasteiger partial charge in [0.05, 0.1) is 13.2 Å². The predicted octanol–water partition coefficient (Wildman–Crippen LogP) is 14.5. The molecule has 2 atom stereocenters. The first-order valence-electron chi connectivity index (χ1n) is 24.5. The standard InChI is InChI=1S/C49H92NO8P/c1-3-5-7-9-11-13-15-17-19-20-21-22-23-24-25-26-28-29-31-33-35-37-39-41-48(51)55-45-47(46-57-59(53,54)56-44-43-50)58-49(52)42-40-38-36-34-32-30-27-18-16-14-12-10-8-6-4-2/h14,16,18,27,33,35,47H,3-13,15,17,19-26,28-32,34,36-46,50H2,1-2H3,(H,53,54)/b16-14+,27-18+,35-33+/t47-/m0/s1. The molecule has 0 saturated carbocycles. The Hall–Kier alpha value is -1.77. The van der Waals surface area contributed by atoms with Crippen molar-refractivity contribution in [2.45, 2.75) is 238 Å². The fourth-order valence-electron chi connectivity index (χ4n) is 6.87. The van der Waals surface area contributed by atoms with Gasteiger partial charge in [0.1, 0.15) is 6.61 Å². The summed E-state index contributed by atoms with van der Waals surface area (Å²) in [6, 6.07) is 0. The summed E-state index contributed by atoms with van der Waals surface area (Å²) in [6.45, 7) is 3.69. The number of carbonyl (C=O) groups is 2. The largest absolute Gasteiger partial charge is 0.472 e. The van der Waals surface area contributed by atoms with E-state index >= 15 is 0 Å². The van der Waals surface area contributed by atoms with Crippen LogP contribution in [0.25, 0.3) is 0 Å². The molecule has 9 nitrogen and oxygen atoms in total. The van der Waals surface area contributed by atoms with E-state index in [-0.39, 0.29) is 32.6 Å². The predicted molar refractivity (Wildman–Crippen MR) is 247 cm³/mol. The molecule has 0 aromatic rings. The number of phosphoric acid groups is 1. The summed E-state index contributed by atoms with van der Waals surface area (Å²) >= 11 is 0. The Labute approximate surface area is 363 Å². The minimum atomic E-state index is -4.39. The molecule has 0 aliphatic heterocycles. The van der Waals surface area contributed by atoms with E-state index in [0.717, 1.165) is 51.4 Å². The molecule has 0 aliphatic carbocycles. The van der Waals surface area contributed by atoms with Crippen molar-refractivity contribution < 1.29 is 37.6 Å². The number of allylic oxidation sites excluding steroid dienone is 6. The molecule has 3 N–H and O–H groups in total. The summed E-state index contributed by atoms with van der Waals surface area (Å²) in [4.78, 5) is 34.9. The van der Waals surface area contributed by atoms with Crippen molar-refractivity contribution in [3.8, 4) is 0 Å². The van der Waals surface area contributed by atoms with Crippen LogP contribution in [0.4, 0.5) is 0 Å². The molecule has 59 heavy (non-hydrogen) atoms. The van der Waals surface area contributed by atoms with Crippen molar-refractivity contribution in [2.75, 3.05) is 26.4 Å². The van der Waals surface area contributed by atoms with Crippen molar-refractivity contribution in [3.63, 3.8) is 0 Å². The lowest BCUT2D eigenvalue weighted by Crippen LogP contribution is -2.29. The van der Waals surface area contributed by atoms with E-state index < -0.39 is 32.5 Å². The lowest BCUT2D eigenvalue weighted by atomic mass is 10.0. The zero-order chi connectivity index (χ0) is 43.2. The Morgan fingerprint density at radius 2 is 0.898 bits per heavy atom. The minimum Gasteiger partial charge on any atom is -0.462 e. The van der Waals surface area contributed by atoms with Gasteiger partial charge in [0.2, 0.25) is 0 Å². The van der Waals surface area contributed by atoms with Crippen LogP contribution in [0.1, 0.15) is 232 Å². The highest BCUT2D eigenvalue weighted by Gasteiger charge is 2.26. The summed E-state index contributed by atoms with van der Waals surface area (Å²) in [5, 5.41) is 0. The second-order valence-electron chi connectivity index (χ2n) is 16.4. The number of phosphoric ester groups is 1. The monoisotopic (exact) mass is 854 g/mol. The number of esters is 2. The molecule has 0 fully saturated rings. The first-order chi connectivity index (χ1) is 28.8. The van der Waals surface area contributed by atoms with Crippen LogP contribution in [-0.4, -0.2) is 49.3 Å². The summed E-state index contributed by atoms with van der Waals surface area (Å²) in [5.74, 6) is -0.877. The molecule has 1 unspecified atom stereocenters. The van der Waals surface area contributed by atoms with Gasteiger partial charge in [-0.3, -0.25) is 18.6 Å². The van der Waals surface area contributed by atoms with E-state index in [2.05, 4.69) is 50.3 Å². The number of nitrogens with two attached hydrogens (primary N) is 1. The van der Waals surface area contributed by atoms with E-state index in [0.29, 0.717) is 12.8 Å². The Morgan fingerprint density at radius 1 is 0.508 bits per heavy atom. The Kier molecular flexibility index (Phi) is 44.4. The van der Waals surface area contributed by atoms with Gasteiger partial charge < -0.3 is 20.1 Å². The van der Waals surface area contributed by atoms with E-state index in [1.165, 1.54) is 141 Å². The number of unbranched alkanes of at least 4 members (excludes halogenated alkanes) is 28. The first kappa shape index (κ1) is 57.2. The molecule has 0 radical (unpaired) electrons. The fourth-order valence-corrected chi connectivity index (χ4v) is 7.63. The van der Waals surface area contributed by atoms with Gasteiger partial charge in [-0.05, 0) is 57.8 Å². The molecular weight excluding hydrogens is 762 g/mol. The summed E-state index contributed by atoms with van der Waals surface area (Å²) in [7, 11) is -4.39. The third-order valence-corrected chi connectivity index (χ3v) is 11.5. The van der Waals surface area contributed by atoms with Crippen molar-refractivity contribution in [3.05, 3.63) is 36.5 Å². The lowest BCUT2D eigenvalue weighted by Gasteiger charge is -2.19. The second-order valence-corrected chi connectivity index (χ2v) is 17.8. The van der Waals surface area contributed by atoms with Gasteiger partial charge in [-0.25, -0.2) is 4.57 Å². The van der Waals surface area contributed by atoms with Gasteiger partial charge in [0.25, 0.3) is 0 Å². The molecule has 0 spiro atoms.